The van der Waals surface area contributed by atoms with Gasteiger partial charge in [0.25, 0.3) is 5.91 Å². The third-order valence-corrected chi connectivity index (χ3v) is 4.87. The Balaban J connectivity index is 2.17. The molecule has 162 valence electrons. The molecular formula is C24H32N2O4. The van der Waals surface area contributed by atoms with Crippen LogP contribution < -0.4 is 14.8 Å². The zero-order valence-corrected chi connectivity index (χ0v) is 18.5. The van der Waals surface area contributed by atoms with Gasteiger partial charge in [-0.25, -0.2) is 0 Å². The van der Waals surface area contributed by atoms with Crippen LogP contribution in [0.4, 0.5) is 0 Å². The minimum absolute atomic E-state index is 0.178. The predicted octanol–water partition coefficient (Wildman–Crippen LogP) is 3.57. The van der Waals surface area contributed by atoms with Crippen LogP contribution in [0.1, 0.15) is 31.9 Å². The summed E-state index contributed by atoms with van der Waals surface area (Å²) in [5.74, 6) is 0.925. The van der Waals surface area contributed by atoms with Crippen LogP contribution in [-0.2, 0) is 16.1 Å². The van der Waals surface area contributed by atoms with Crippen molar-refractivity contribution in [3.63, 3.8) is 0 Å². The Morgan fingerprint density at radius 1 is 1.00 bits per heavy atom. The van der Waals surface area contributed by atoms with Crippen molar-refractivity contribution in [3.8, 4) is 11.5 Å². The van der Waals surface area contributed by atoms with E-state index in [1.165, 1.54) is 0 Å². The molecule has 2 rings (SSSR count). The lowest BCUT2D eigenvalue weighted by Gasteiger charge is -2.29. The quantitative estimate of drug-likeness (QED) is 0.648. The van der Waals surface area contributed by atoms with E-state index < -0.39 is 6.04 Å². The first-order valence-corrected chi connectivity index (χ1v) is 10.2. The van der Waals surface area contributed by atoms with Gasteiger partial charge >= 0.3 is 0 Å². The molecule has 2 amide bonds. The minimum Gasteiger partial charge on any atom is -0.493 e. The van der Waals surface area contributed by atoms with Crippen LogP contribution in [-0.4, -0.2) is 43.0 Å². The molecule has 1 unspecified atom stereocenters. The summed E-state index contributed by atoms with van der Waals surface area (Å²) < 4.78 is 11.0. The summed E-state index contributed by atoms with van der Waals surface area (Å²) in [5.41, 5.74) is 2.06. The summed E-state index contributed by atoms with van der Waals surface area (Å²) in [6.07, 6.45) is 0. The van der Waals surface area contributed by atoms with E-state index in [0.717, 1.165) is 11.1 Å². The number of rotatable bonds is 10. The third kappa shape index (κ3) is 6.51. The van der Waals surface area contributed by atoms with Gasteiger partial charge in [0.05, 0.1) is 7.11 Å². The van der Waals surface area contributed by atoms with E-state index in [1.807, 2.05) is 57.2 Å². The third-order valence-electron chi connectivity index (χ3n) is 4.87. The van der Waals surface area contributed by atoms with Gasteiger partial charge in [0.15, 0.2) is 18.1 Å². The van der Waals surface area contributed by atoms with Gasteiger partial charge < -0.3 is 19.7 Å². The normalized spacial score (nSPS) is 11.7. The van der Waals surface area contributed by atoms with Gasteiger partial charge in [-0.1, -0.05) is 50.2 Å². The average molecular weight is 413 g/mol. The number of ether oxygens (including phenoxy) is 2. The fraction of sp³-hybridized carbons (Fsp3) is 0.417. The molecule has 0 bridgehead atoms. The van der Waals surface area contributed by atoms with Gasteiger partial charge in [0.1, 0.15) is 6.04 Å². The zero-order valence-electron chi connectivity index (χ0n) is 18.5. The summed E-state index contributed by atoms with van der Waals surface area (Å²) in [5, 5.41) is 2.92. The first-order valence-electron chi connectivity index (χ1n) is 10.2. The number of hydrogen-bond acceptors (Lipinski definition) is 4. The Bertz CT molecular complexity index is 851. The van der Waals surface area contributed by atoms with Crippen LogP contribution in [0.15, 0.2) is 48.5 Å². The zero-order chi connectivity index (χ0) is 22.1. The highest BCUT2D eigenvalue weighted by Gasteiger charge is 2.27. The van der Waals surface area contributed by atoms with Crippen LogP contribution in [0.5, 0.6) is 11.5 Å². The maximum Gasteiger partial charge on any atom is 0.261 e. The highest BCUT2D eigenvalue weighted by Crippen LogP contribution is 2.26. The molecule has 0 aliphatic rings. The van der Waals surface area contributed by atoms with Crippen molar-refractivity contribution in [2.75, 3.05) is 20.3 Å². The molecule has 0 aliphatic heterocycles. The Morgan fingerprint density at radius 2 is 1.63 bits per heavy atom. The summed E-state index contributed by atoms with van der Waals surface area (Å²) in [7, 11) is 1.55. The number of aryl methyl sites for hydroxylation is 1. The minimum atomic E-state index is -0.628. The second-order valence-electron chi connectivity index (χ2n) is 7.70. The fourth-order valence-corrected chi connectivity index (χ4v) is 2.97. The fourth-order valence-electron chi connectivity index (χ4n) is 2.97. The van der Waals surface area contributed by atoms with Gasteiger partial charge in [-0.3, -0.25) is 9.59 Å². The molecule has 0 fully saturated rings. The van der Waals surface area contributed by atoms with Crippen molar-refractivity contribution >= 4 is 11.8 Å². The van der Waals surface area contributed by atoms with E-state index in [-0.39, 0.29) is 18.4 Å². The number of benzene rings is 2. The Hall–Kier alpha value is -3.02. The van der Waals surface area contributed by atoms with Crippen LogP contribution in [0.2, 0.25) is 0 Å². The van der Waals surface area contributed by atoms with Crippen molar-refractivity contribution < 1.29 is 19.1 Å². The summed E-state index contributed by atoms with van der Waals surface area (Å²) in [4.78, 5) is 27.3. The number of amides is 2. The van der Waals surface area contributed by atoms with Crippen LogP contribution in [0.3, 0.4) is 0 Å². The van der Waals surface area contributed by atoms with Crippen molar-refractivity contribution in [1.82, 2.24) is 10.2 Å². The lowest BCUT2D eigenvalue weighted by atomic mass is 10.1. The first kappa shape index (κ1) is 23.3. The topological polar surface area (TPSA) is 67.9 Å². The first-order chi connectivity index (χ1) is 14.3. The highest BCUT2D eigenvalue weighted by atomic mass is 16.5. The number of methoxy groups -OCH3 is 1. The lowest BCUT2D eigenvalue weighted by molar-refractivity contribution is -0.142. The molecule has 0 heterocycles. The van der Waals surface area contributed by atoms with Crippen molar-refractivity contribution in [3.05, 3.63) is 59.7 Å². The molecule has 0 saturated carbocycles. The maximum atomic E-state index is 13.1. The molecule has 6 nitrogen and oxygen atoms in total. The van der Waals surface area contributed by atoms with Crippen LogP contribution >= 0.6 is 0 Å². The van der Waals surface area contributed by atoms with Crippen molar-refractivity contribution in [1.29, 1.82) is 0 Å². The van der Waals surface area contributed by atoms with E-state index in [0.29, 0.717) is 30.5 Å². The second-order valence-corrected chi connectivity index (χ2v) is 7.70. The standard InChI is InChI=1S/C24H32N2O4/c1-17(2)14-25-24(28)19(4)26(15-20-11-7-6-10-18(20)3)23(27)16-30-22-13-9-8-12-21(22)29-5/h6-13,17,19H,14-16H2,1-5H3,(H,25,28). The largest absolute Gasteiger partial charge is 0.493 e. The van der Waals surface area contributed by atoms with Gasteiger partial charge in [-0.2, -0.15) is 0 Å². The Morgan fingerprint density at radius 3 is 2.27 bits per heavy atom. The van der Waals surface area contributed by atoms with E-state index in [2.05, 4.69) is 5.32 Å². The van der Waals surface area contributed by atoms with Gasteiger partial charge in [0, 0.05) is 13.1 Å². The molecule has 2 aromatic rings. The Labute approximate surface area is 179 Å². The molecule has 0 aromatic heterocycles. The van der Waals surface area contributed by atoms with E-state index in [9.17, 15) is 9.59 Å². The second kappa shape index (κ2) is 11.2. The molecule has 0 spiro atoms. The summed E-state index contributed by atoms with van der Waals surface area (Å²) in [6, 6.07) is 14.4. The van der Waals surface area contributed by atoms with Gasteiger partial charge in [-0.15, -0.1) is 0 Å². The number of carbonyl (C=O) groups is 2. The molecule has 0 saturated heterocycles. The summed E-state index contributed by atoms with van der Waals surface area (Å²) >= 11 is 0. The Kier molecular flexibility index (Phi) is 8.71. The maximum absolute atomic E-state index is 13.1. The van der Waals surface area contributed by atoms with Crippen molar-refractivity contribution in [2.24, 2.45) is 5.92 Å². The lowest BCUT2D eigenvalue weighted by Crippen LogP contribution is -2.49. The average Bonchev–Trinajstić information content (AvgIpc) is 2.74. The van der Waals surface area contributed by atoms with E-state index in [1.54, 1.807) is 31.1 Å². The van der Waals surface area contributed by atoms with Crippen LogP contribution in [0, 0.1) is 12.8 Å². The number of nitrogens with one attached hydrogen (secondary N) is 1. The number of para-hydroxylation sites is 2. The summed E-state index contributed by atoms with van der Waals surface area (Å²) in [6.45, 7) is 8.50. The number of carbonyl (C=O) groups excluding carboxylic acids is 2. The molecule has 2 aromatic carbocycles. The van der Waals surface area contributed by atoms with Gasteiger partial charge in [-0.05, 0) is 43.0 Å². The molecule has 6 heteroatoms. The monoisotopic (exact) mass is 412 g/mol. The molecule has 1 N–H and O–H groups in total. The number of hydrogen-bond donors (Lipinski definition) is 1. The number of nitrogens with zero attached hydrogens (tertiary/aromatic N) is 1. The molecule has 0 aliphatic carbocycles. The highest BCUT2D eigenvalue weighted by molar-refractivity contribution is 5.88. The molecule has 0 radical (unpaired) electrons. The van der Waals surface area contributed by atoms with E-state index >= 15 is 0 Å². The smallest absolute Gasteiger partial charge is 0.261 e. The molecule has 30 heavy (non-hydrogen) atoms. The van der Waals surface area contributed by atoms with Gasteiger partial charge in [0.2, 0.25) is 5.91 Å². The van der Waals surface area contributed by atoms with E-state index in [4.69, 9.17) is 9.47 Å². The predicted molar refractivity (Wildman–Crippen MR) is 118 cm³/mol. The van der Waals surface area contributed by atoms with Crippen molar-refractivity contribution in [2.45, 2.75) is 40.3 Å². The molecule has 1 atom stereocenters. The van der Waals surface area contributed by atoms with Crippen LogP contribution in [0.25, 0.3) is 0 Å². The SMILES string of the molecule is COc1ccccc1OCC(=O)N(Cc1ccccc1C)C(C)C(=O)NCC(C)C. The molecular weight excluding hydrogens is 380 g/mol.